The zero-order valence-electron chi connectivity index (χ0n) is 16.7. The first kappa shape index (κ1) is 18.7. The lowest BCUT2D eigenvalue weighted by atomic mass is 9.60. The quantitative estimate of drug-likeness (QED) is 0.544. The minimum absolute atomic E-state index is 0.0229. The van der Waals surface area contributed by atoms with E-state index in [2.05, 4.69) is 26.8 Å². The molecule has 0 N–H and O–H groups in total. The van der Waals surface area contributed by atoms with Crippen LogP contribution in [0.15, 0.2) is 12.2 Å². The van der Waals surface area contributed by atoms with Crippen LogP contribution < -0.4 is 0 Å². The summed E-state index contributed by atoms with van der Waals surface area (Å²) < 4.78 is 0. The molecule has 0 aromatic rings. The minimum Gasteiger partial charge on any atom is -0.348 e. The maximum absolute atomic E-state index is 12.7. The molecule has 0 heterocycles. The Balaban J connectivity index is 1.68. The van der Waals surface area contributed by atoms with E-state index in [0.29, 0.717) is 30.1 Å². The third-order valence-corrected chi connectivity index (χ3v) is 7.77. The molecular weight excluding hydrogens is 310 g/mol. The maximum atomic E-state index is 12.7. The third kappa shape index (κ3) is 3.08. The zero-order chi connectivity index (χ0) is 18.4. The zero-order valence-corrected chi connectivity index (χ0v) is 16.7. The molecule has 25 heavy (non-hydrogen) atoms. The van der Waals surface area contributed by atoms with Gasteiger partial charge in [-0.2, -0.15) is 0 Å². The standard InChI is InChI=1S/C22H35NO2/c1-15-7-6-12-21(3)17(15)9-10-18(21)16(2)8-11-19(24)22(13-14-22)20(25)23(4)5/h8,11,15-18H,6-7,9-10,12-14H2,1-5H3/b11-8+/t15-,16+,17?,18?,21-/m0/s1. The van der Waals surface area contributed by atoms with Crippen molar-refractivity contribution in [2.45, 2.75) is 65.7 Å². The highest BCUT2D eigenvalue weighted by atomic mass is 16.2. The number of carbonyl (C=O) groups excluding carboxylic acids is 2. The summed E-state index contributed by atoms with van der Waals surface area (Å²) in [5.41, 5.74) is -0.303. The molecule has 3 saturated carbocycles. The van der Waals surface area contributed by atoms with Gasteiger partial charge < -0.3 is 4.90 Å². The van der Waals surface area contributed by atoms with Gasteiger partial charge in [-0.05, 0) is 67.3 Å². The molecule has 3 aliphatic carbocycles. The minimum atomic E-state index is -0.735. The Kier molecular flexibility index (Phi) is 4.89. The summed E-state index contributed by atoms with van der Waals surface area (Å²) in [6, 6.07) is 0. The first-order chi connectivity index (χ1) is 11.7. The Morgan fingerprint density at radius 3 is 2.40 bits per heavy atom. The van der Waals surface area contributed by atoms with Crippen molar-refractivity contribution in [3.05, 3.63) is 12.2 Å². The van der Waals surface area contributed by atoms with Gasteiger partial charge in [-0.3, -0.25) is 9.59 Å². The van der Waals surface area contributed by atoms with E-state index in [1.165, 1.54) is 32.1 Å². The van der Waals surface area contributed by atoms with Gasteiger partial charge in [-0.15, -0.1) is 0 Å². The first-order valence-corrected chi connectivity index (χ1v) is 10.2. The molecule has 0 aromatic heterocycles. The number of allylic oxidation sites excluding steroid dienone is 2. The Hall–Kier alpha value is -1.12. The van der Waals surface area contributed by atoms with Crippen LogP contribution in [0, 0.1) is 34.5 Å². The van der Waals surface area contributed by atoms with Gasteiger partial charge in [0.15, 0.2) is 5.78 Å². The van der Waals surface area contributed by atoms with Crippen molar-refractivity contribution < 1.29 is 9.59 Å². The predicted octanol–water partition coefficient (Wildman–Crippen LogP) is 4.47. The van der Waals surface area contributed by atoms with Crippen LogP contribution in [-0.4, -0.2) is 30.7 Å². The number of ketones is 1. The lowest BCUT2D eigenvalue weighted by Crippen LogP contribution is -2.38. The molecule has 3 rings (SSSR count). The van der Waals surface area contributed by atoms with Crippen LogP contribution in [0.3, 0.4) is 0 Å². The van der Waals surface area contributed by atoms with Gasteiger partial charge in [0, 0.05) is 14.1 Å². The molecule has 3 heteroatoms. The summed E-state index contributed by atoms with van der Waals surface area (Å²) in [6.45, 7) is 7.20. The van der Waals surface area contributed by atoms with E-state index in [4.69, 9.17) is 0 Å². The molecule has 0 radical (unpaired) electrons. The fourth-order valence-electron chi connectivity index (χ4n) is 6.12. The number of carbonyl (C=O) groups is 2. The highest BCUT2D eigenvalue weighted by molar-refractivity contribution is 6.13. The van der Waals surface area contributed by atoms with Crippen LogP contribution in [0.1, 0.15) is 65.7 Å². The SMILES string of the molecule is C[C@H](/C=C/C(=O)C1(C(=O)N(C)C)CC1)C1CCC2[C@@H](C)CCC[C@]12C. The van der Waals surface area contributed by atoms with Crippen molar-refractivity contribution in [2.24, 2.45) is 34.5 Å². The summed E-state index contributed by atoms with van der Waals surface area (Å²) in [7, 11) is 3.48. The number of nitrogens with zero attached hydrogens (tertiary/aromatic N) is 1. The van der Waals surface area contributed by atoms with Crippen molar-refractivity contribution in [3.63, 3.8) is 0 Å². The van der Waals surface area contributed by atoms with Gasteiger partial charge in [-0.25, -0.2) is 0 Å². The normalized spacial score (nSPS) is 37.6. The second-order valence-electron chi connectivity index (χ2n) is 9.53. The van der Waals surface area contributed by atoms with Gasteiger partial charge in [-0.1, -0.05) is 39.7 Å². The molecule has 0 bridgehead atoms. The molecule has 3 fully saturated rings. The average Bonchev–Trinajstić information content (AvgIpc) is 3.29. The molecule has 0 saturated heterocycles. The Morgan fingerprint density at radius 1 is 1.12 bits per heavy atom. The van der Waals surface area contributed by atoms with Crippen LogP contribution in [0.4, 0.5) is 0 Å². The van der Waals surface area contributed by atoms with Crippen LogP contribution in [-0.2, 0) is 9.59 Å². The number of hydrogen-bond acceptors (Lipinski definition) is 2. The average molecular weight is 346 g/mol. The number of hydrogen-bond donors (Lipinski definition) is 0. The van der Waals surface area contributed by atoms with E-state index >= 15 is 0 Å². The highest BCUT2D eigenvalue weighted by Gasteiger charge is 2.56. The second kappa shape index (κ2) is 6.55. The molecule has 3 nitrogen and oxygen atoms in total. The Labute approximate surface area is 153 Å². The van der Waals surface area contributed by atoms with Gasteiger partial charge >= 0.3 is 0 Å². The van der Waals surface area contributed by atoms with E-state index in [0.717, 1.165) is 11.8 Å². The first-order valence-electron chi connectivity index (χ1n) is 10.2. The molecule has 0 aliphatic heterocycles. The van der Waals surface area contributed by atoms with E-state index in [-0.39, 0.29) is 11.7 Å². The lowest BCUT2D eigenvalue weighted by molar-refractivity contribution is -0.139. The van der Waals surface area contributed by atoms with Gasteiger partial charge in [0.1, 0.15) is 5.41 Å². The van der Waals surface area contributed by atoms with Crippen LogP contribution >= 0.6 is 0 Å². The summed E-state index contributed by atoms with van der Waals surface area (Å²) in [4.78, 5) is 26.6. The van der Waals surface area contributed by atoms with Gasteiger partial charge in [0.2, 0.25) is 5.91 Å². The second-order valence-corrected chi connectivity index (χ2v) is 9.53. The summed E-state index contributed by atoms with van der Waals surface area (Å²) >= 11 is 0. The molecule has 1 amide bonds. The summed E-state index contributed by atoms with van der Waals surface area (Å²) in [5, 5.41) is 0. The fraction of sp³-hybridized carbons (Fsp3) is 0.818. The largest absolute Gasteiger partial charge is 0.348 e. The van der Waals surface area contributed by atoms with Crippen molar-refractivity contribution in [2.75, 3.05) is 14.1 Å². The van der Waals surface area contributed by atoms with Gasteiger partial charge in [0.05, 0.1) is 0 Å². The third-order valence-electron chi connectivity index (χ3n) is 7.77. The van der Waals surface area contributed by atoms with E-state index in [1.54, 1.807) is 25.1 Å². The van der Waals surface area contributed by atoms with E-state index in [1.807, 2.05) is 0 Å². The maximum Gasteiger partial charge on any atom is 0.236 e. The Morgan fingerprint density at radius 2 is 1.80 bits per heavy atom. The van der Waals surface area contributed by atoms with Crippen molar-refractivity contribution in [1.82, 2.24) is 4.90 Å². The number of amides is 1. The molecule has 3 aliphatic rings. The molecule has 5 atom stereocenters. The van der Waals surface area contributed by atoms with E-state index in [9.17, 15) is 9.59 Å². The summed E-state index contributed by atoms with van der Waals surface area (Å²) in [6.07, 6.45) is 12.0. The van der Waals surface area contributed by atoms with Crippen LogP contribution in [0.5, 0.6) is 0 Å². The van der Waals surface area contributed by atoms with Crippen LogP contribution in [0.2, 0.25) is 0 Å². The number of fused-ring (bicyclic) bond motifs is 1. The molecule has 2 unspecified atom stereocenters. The van der Waals surface area contributed by atoms with Crippen molar-refractivity contribution in [1.29, 1.82) is 0 Å². The molecular formula is C22H35NO2. The van der Waals surface area contributed by atoms with Gasteiger partial charge in [0.25, 0.3) is 0 Å². The molecule has 0 spiro atoms. The fourth-order valence-corrected chi connectivity index (χ4v) is 6.12. The highest BCUT2D eigenvalue weighted by Crippen LogP contribution is 2.59. The molecule has 140 valence electrons. The Bertz CT molecular complexity index is 575. The van der Waals surface area contributed by atoms with Crippen molar-refractivity contribution in [3.8, 4) is 0 Å². The summed E-state index contributed by atoms with van der Waals surface area (Å²) in [5.74, 6) is 2.77. The predicted molar refractivity (Wildman–Crippen MR) is 101 cm³/mol. The molecule has 0 aromatic carbocycles. The monoisotopic (exact) mass is 345 g/mol. The topological polar surface area (TPSA) is 37.4 Å². The van der Waals surface area contributed by atoms with Crippen LogP contribution in [0.25, 0.3) is 0 Å². The smallest absolute Gasteiger partial charge is 0.236 e. The number of rotatable bonds is 5. The van der Waals surface area contributed by atoms with Crippen molar-refractivity contribution >= 4 is 11.7 Å². The van der Waals surface area contributed by atoms with E-state index < -0.39 is 5.41 Å². The lowest BCUT2D eigenvalue weighted by Gasteiger charge is -2.45.